The molecule has 0 saturated carbocycles. The average molecular weight is 353 g/mol. The molecule has 0 fully saturated rings. The van der Waals surface area contributed by atoms with Crippen LogP contribution in [0.25, 0.3) is 16.9 Å². The molecular formula is C18H13ClN4O2. The molecule has 0 bridgehead atoms. The average Bonchev–Trinajstić information content (AvgIpc) is 3.00. The summed E-state index contributed by atoms with van der Waals surface area (Å²) in [5, 5.41) is 0.498. The van der Waals surface area contributed by atoms with Crippen LogP contribution in [0.3, 0.4) is 0 Å². The van der Waals surface area contributed by atoms with E-state index in [2.05, 4.69) is 9.97 Å². The van der Waals surface area contributed by atoms with Gasteiger partial charge in [-0.3, -0.25) is 9.78 Å². The fourth-order valence-electron chi connectivity index (χ4n) is 2.83. The minimum atomic E-state index is -0.533. The van der Waals surface area contributed by atoms with Gasteiger partial charge in [-0.15, -0.1) is 0 Å². The monoisotopic (exact) mass is 352 g/mol. The van der Waals surface area contributed by atoms with Crippen LogP contribution in [-0.2, 0) is 6.54 Å². The quantitative estimate of drug-likeness (QED) is 0.616. The topological polar surface area (TPSA) is 72.7 Å². The lowest BCUT2D eigenvalue weighted by molar-refractivity contribution is 0.787. The van der Waals surface area contributed by atoms with E-state index in [-0.39, 0.29) is 5.52 Å². The second kappa shape index (κ2) is 6.07. The smallest absolute Gasteiger partial charge is 0.312 e. The highest BCUT2D eigenvalue weighted by Crippen LogP contribution is 2.18. The second-order valence-corrected chi connectivity index (χ2v) is 6.04. The molecule has 7 heteroatoms. The van der Waals surface area contributed by atoms with Gasteiger partial charge in [0.1, 0.15) is 0 Å². The Bertz CT molecular complexity index is 1180. The molecule has 0 amide bonds. The van der Waals surface area contributed by atoms with Gasteiger partial charge in [0.2, 0.25) is 0 Å². The number of imidazole rings is 1. The maximum atomic E-state index is 12.5. The number of benzene rings is 2. The van der Waals surface area contributed by atoms with Crippen LogP contribution in [0.15, 0.2) is 70.5 Å². The third-order valence-electron chi connectivity index (χ3n) is 3.92. The van der Waals surface area contributed by atoms with Crippen LogP contribution in [0, 0.1) is 0 Å². The number of H-pyrrole nitrogens is 1. The largest absolute Gasteiger partial charge is 0.334 e. The normalized spacial score (nSPS) is 11.1. The number of nitrogens with one attached hydrogen (secondary N) is 1. The molecule has 0 aliphatic rings. The minimum absolute atomic E-state index is 0.204. The van der Waals surface area contributed by atoms with Crippen LogP contribution in [0.5, 0.6) is 0 Å². The molecule has 0 atom stereocenters. The zero-order valence-electron chi connectivity index (χ0n) is 13.0. The molecule has 0 radical (unpaired) electrons. The zero-order chi connectivity index (χ0) is 17.4. The number of hydrogen-bond donors (Lipinski definition) is 1. The lowest BCUT2D eigenvalue weighted by Gasteiger charge is -2.11. The molecule has 4 rings (SSSR count). The van der Waals surface area contributed by atoms with E-state index in [0.29, 0.717) is 22.9 Å². The van der Waals surface area contributed by atoms with Gasteiger partial charge in [0, 0.05) is 5.02 Å². The summed E-state index contributed by atoms with van der Waals surface area (Å²) in [6.07, 6.45) is 1.56. The third kappa shape index (κ3) is 2.77. The van der Waals surface area contributed by atoms with E-state index < -0.39 is 11.2 Å². The van der Waals surface area contributed by atoms with Gasteiger partial charge in [0.05, 0.1) is 18.6 Å². The lowest BCUT2D eigenvalue weighted by Crippen LogP contribution is -2.30. The summed E-state index contributed by atoms with van der Waals surface area (Å²) >= 11 is 6.06. The molecule has 0 aliphatic carbocycles. The molecule has 124 valence electrons. The SMILES string of the molecule is O=c1[nH]c(=O)n(-c2cccc(Cl)c2)c2c1ncn2Cc1ccccc1. The van der Waals surface area contributed by atoms with E-state index in [1.807, 2.05) is 30.3 Å². The summed E-state index contributed by atoms with van der Waals surface area (Å²) in [7, 11) is 0. The molecule has 2 aromatic carbocycles. The van der Waals surface area contributed by atoms with E-state index >= 15 is 0 Å². The Labute approximate surface area is 147 Å². The van der Waals surface area contributed by atoms with Crippen molar-refractivity contribution < 1.29 is 0 Å². The first-order valence-electron chi connectivity index (χ1n) is 7.63. The summed E-state index contributed by atoms with van der Waals surface area (Å²) in [4.78, 5) is 31.1. The molecular weight excluding hydrogens is 340 g/mol. The van der Waals surface area contributed by atoms with Crippen LogP contribution in [0.1, 0.15) is 5.56 Å². The second-order valence-electron chi connectivity index (χ2n) is 5.60. The van der Waals surface area contributed by atoms with Gasteiger partial charge in [-0.25, -0.2) is 14.3 Å². The molecule has 4 aromatic rings. The summed E-state index contributed by atoms with van der Waals surface area (Å²) in [6, 6.07) is 16.6. The van der Waals surface area contributed by atoms with Crippen molar-refractivity contribution in [3.8, 4) is 5.69 Å². The van der Waals surface area contributed by atoms with Gasteiger partial charge >= 0.3 is 5.69 Å². The van der Waals surface area contributed by atoms with Gasteiger partial charge in [-0.2, -0.15) is 0 Å². The Hall–Kier alpha value is -3.12. The van der Waals surface area contributed by atoms with Crippen LogP contribution >= 0.6 is 11.6 Å². The number of hydrogen-bond acceptors (Lipinski definition) is 3. The fourth-order valence-corrected chi connectivity index (χ4v) is 3.01. The van der Waals surface area contributed by atoms with Crippen molar-refractivity contribution in [2.24, 2.45) is 0 Å². The fraction of sp³-hybridized carbons (Fsp3) is 0.0556. The van der Waals surface area contributed by atoms with Crippen LogP contribution in [0.2, 0.25) is 5.02 Å². The number of aromatic nitrogens is 4. The number of rotatable bonds is 3. The highest BCUT2D eigenvalue weighted by molar-refractivity contribution is 6.30. The van der Waals surface area contributed by atoms with E-state index in [4.69, 9.17) is 11.6 Å². The van der Waals surface area contributed by atoms with Gasteiger partial charge < -0.3 is 4.57 Å². The molecule has 0 aliphatic heterocycles. The molecule has 0 spiro atoms. The lowest BCUT2D eigenvalue weighted by atomic mass is 10.2. The standard InChI is InChI=1S/C18H13ClN4O2/c19-13-7-4-8-14(9-13)23-17-15(16(24)21-18(23)25)20-11-22(17)10-12-5-2-1-3-6-12/h1-9,11H,10H2,(H,21,24,25). The summed E-state index contributed by atoms with van der Waals surface area (Å²) < 4.78 is 3.20. The van der Waals surface area contributed by atoms with Gasteiger partial charge in [-0.1, -0.05) is 48.0 Å². The Morgan fingerprint density at radius 3 is 2.60 bits per heavy atom. The van der Waals surface area contributed by atoms with E-state index in [1.165, 1.54) is 4.57 Å². The van der Waals surface area contributed by atoms with Gasteiger partial charge in [0.25, 0.3) is 5.56 Å². The first kappa shape index (κ1) is 15.4. The van der Waals surface area contributed by atoms with Crippen LogP contribution in [0.4, 0.5) is 0 Å². The first-order valence-corrected chi connectivity index (χ1v) is 8.01. The highest BCUT2D eigenvalue weighted by atomic mass is 35.5. The van der Waals surface area contributed by atoms with Crippen LogP contribution < -0.4 is 11.2 Å². The number of aromatic amines is 1. The Morgan fingerprint density at radius 1 is 1.04 bits per heavy atom. The molecule has 25 heavy (non-hydrogen) atoms. The molecule has 0 saturated heterocycles. The van der Waals surface area contributed by atoms with Gasteiger partial charge in [0.15, 0.2) is 11.2 Å². The van der Waals surface area contributed by atoms with Crippen molar-refractivity contribution in [3.05, 3.63) is 92.3 Å². The van der Waals surface area contributed by atoms with E-state index in [1.54, 1.807) is 35.2 Å². The number of halogens is 1. The van der Waals surface area contributed by atoms with Crippen molar-refractivity contribution in [1.29, 1.82) is 0 Å². The third-order valence-corrected chi connectivity index (χ3v) is 4.16. The molecule has 6 nitrogen and oxygen atoms in total. The van der Waals surface area contributed by atoms with Gasteiger partial charge in [-0.05, 0) is 23.8 Å². The van der Waals surface area contributed by atoms with Crippen molar-refractivity contribution in [3.63, 3.8) is 0 Å². The summed E-state index contributed by atoms with van der Waals surface area (Å²) in [5.41, 5.74) is 1.19. The molecule has 1 N–H and O–H groups in total. The number of nitrogens with zero attached hydrogens (tertiary/aromatic N) is 3. The van der Waals surface area contributed by atoms with Crippen molar-refractivity contribution >= 4 is 22.8 Å². The minimum Gasteiger partial charge on any atom is -0.312 e. The predicted octanol–water partition coefficient (Wildman–Crippen LogP) is 2.58. The molecule has 0 unspecified atom stereocenters. The first-order chi connectivity index (χ1) is 12.1. The maximum absolute atomic E-state index is 12.5. The van der Waals surface area contributed by atoms with Crippen molar-refractivity contribution in [1.82, 2.24) is 19.1 Å². The van der Waals surface area contributed by atoms with Crippen molar-refractivity contribution in [2.45, 2.75) is 6.54 Å². The van der Waals surface area contributed by atoms with Crippen molar-refractivity contribution in [2.75, 3.05) is 0 Å². The Balaban J connectivity index is 2.00. The summed E-state index contributed by atoms with van der Waals surface area (Å²) in [6.45, 7) is 0.487. The number of fused-ring (bicyclic) bond motifs is 1. The molecule has 2 aromatic heterocycles. The van der Waals surface area contributed by atoms with E-state index in [9.17, 15) is 9.59 Å². The summed E-state index contributed by atoms with van der Waals surface area (Å²) in [5.74, 6) is 0. The maximum Gasteiger partial charge on any atom is 0.334 e. The zero-order valence-corrected chi connectivity index (χ0v) is 13.8. The highest BCUT2D eigenvalue weighted by Gasteiger charge is 2.15. The Morgan fingerprint density at radius 2 is 1.84 bits per heavy atom. The Kier molecular flexibility index (Phi) is 3.74. The molecule has 2 heterocycles. The van der Waals surface area contributed by atoms with Crippen LogP contribution in [-0.4, -0.2) is 19.1 Å². The van der Waals surface area contributed by atoms with E-state index in [0.717, 1.165) is 5.56 Å². The predicted molar refractivity (Wildman–Crippen MR) is 96.5 cm³/mol.